The van der Waals surface area contributed by atoms with E-state index in [1.54, 1.807) is 0 Å². The Morgan fingerprint density at radius 2 is 2.00 bits per heavy atom. The van der Waals surface area contributed by atoms with Crippen LogP contribution in [0.1, 0.15) is 33.8 Å². The third-order valence-electron chi connectivity index (χ3n) is 4.31. The molecule has 1 aliphatic heterocycles. The predicted molar refractivity (Wildman–Crippen MR) is 88.2 cm³/mol. The lowest BCUT2D eigenvalue weighted by Crippen LogP contribution is -2.35. The van der Waals surface area contributed by atoms with E-state index in [2.05, 4.69) is 10.1 Å². The lowest BCUT2D eigenvalue weighted by atomic mass is 10.1. The van der Waals surface area contributed by atoms with Crippen LogP contribution in [0, 0.1) is 13.8 Å². The van der Waals surface area contributed by atoms with Gasteiger partial charge < -0.3 is 9.42 Å². The Balaban J connectivity index is 1.62. The first-order chi connectivity index (χ1) is 11.1. The summed E-state index contributed by atoms with van der Waals surface area (Å²) in [7, 11) is 0. The monoisotopic (exact) mass is 313 g/mol. The number of aryl methyl sites for hydroxylation is 2. The van der Waals surface area contributed by atoms with Crippen molar-refractivity contribution in [3.05, 3.63) is 52.9 Å². The zero-order chi connectivity index (χ0) is 16.2. The minimum atomic E-state index is 0.141. The maximum atomic E-state index is 12.7. The van der Waals surface area contributed by atoms with E-state index in [1.165, 1.54) is 0 Å². The Bertz CT molecular complexity index is 680. The highest BCUT2D eigenvalue weighted by Gasteiger charge is 2.21. The molecule has 0 saturated carbocycles. The third-order valence-corrected chi connectivity index (χ3v) is 4.31. The van der Waals surface area contributed by atoms with Gasteiger partial charge in [-0.05, 0) is 31.9 Å². The van der Waals surface area contributed by atoms with Gasteiger partial charge in [0.1, 0.15) is 5.76 Å². The molecule has 23 heavy (non-hydrogen) atoms. The number of amides is 1. The van der Waals surface area contributed by atoms with Crippen molar-refractivity contribution < 1.29 is 9.32 Å². The lowest BCUT2D eigenvalue weighted by molar-refractivity contribution is 0.0760. The van der Waals surface area contributed by atoms with Gasteiger partial charge in [0.25, 0.3) is 5.91 Å². The average molecular weight is 313 g/mol. The molecule has 1 aliphatic rings. The lowest BCUT2D eigenvalue weighted by Gasteiger charge is -2.22. The van der Waals surface area contributed by atoms with Crippen molar-refractivity contribution in [2.24, 2.45) is 0 Å². The van der Waals surface area contributed by atoms with E-state index < -0.39 is 0 Å². The second-order valence-corrected chi connectivity index (χ2v) is 6.17. The molecule has 0 unspecified atom stereocenters. The molecule has 0 radical (unpaired) electrons. The van der Waals surface area contributed by atoms with Gasteiger partial charge in [0.05, 0.1) is 5.69 Å². The first-order valence-corrected chi connectivity index (χ1v) is 8.13. The quantitative estimate of drug-likeness (QED) is 0.874. The molecule has 0 spiro atoms. The summed E-state index contributed by atoms with van der Waals surface area (Å²) in [6.45, 7) is 8.08. The van der Waals surface area contributed by atoms with E-state index in [4.69, 9.17) is 4.52 Å². The van der Waals surface area contributed by atoms with E-state index in [9.17, 15) is 4.79 Å². The smallest absolute Gasteiger partial charge is 0.254 e. The molecular formula is C18H23N3O2. The number of aromatic nitrogens is 1. The molecule has 0 bridgehead atoms. The highest BCUT2D eigenvalue weighted by Crippen LogP contribution is 2.14. The summed E-state index contributed by atoms with van der Waals surface area (Å²) in [6.07, 6.45) is 0.981. The predicted octanol–water partition coefficient (Wildman–Crippen LogP) is 2.64. The fourth-order valence-corrected chi connectivity index (χ4v) is 3.04. The molecule has 0 atom stereocenters. The minimum Gasteiger partial charge on any atom is -0.361 e. The van der Waals surface area contributed by atoms with Gasteiger partial charge in [0.2, 0.25) is 0 Å². The second kappa shape index (κ2) is 6.96. The molecule has 1 amide bonds. The zero-order valence-corrected chi connectivity index (χ0v) is 13.8. The Morgan fingerprint density at radius 3 is 2.74 bits per heavy atom. The van der Waals surface area contributed by atoms with Crippen molar-refractivity contribution in [3.63, 3.8) is 0 Å². The Hall–Kier alpha value is -2.14. The summed E-state index contributed by atoms with van der Waals surface area (Å²) < 4.78 is 5.13. The number of carbonyl (C=O) groups excluding carboxylic acids is 1. The molecule has 1 fully saturated rings. The van der Waals surface area contributed by atoms with Gasteiger partial charge in [0, 0.05) is 44.4 Å². The van der Waals surface area contributed by atoms with Crippen LogP contribution in [0.3, 0.4) is 0 Å². The minimum absolute atomic E-state index is 0.141. The number of hydrogen-bond donors (Lipinski definition) is 0. The fraction of sp³-hybridized carbons (Fsp3) is 0.444. The maximum absolute atomic E-state index is 12.7. The van der Waals surface area contributed by atoms with Gasteiger partial charge >= 0.3 is 0 Å². The van der Waals surface area contributed by atoms with E-state index in [0.717, 1.165) is 61.7 Å². The molecular weight excluding hydrogens is 290 g/mol. The van der Waals surface area contributed by atoms with Crippen molar-refractivity contribution >= 4 is 5.91 Å². The third kappa shape index (κ3) is 3.79. The van der Waals surface area contributed by atoms with Crippen LogP contribution in [-0.4, -0.2) is 47.0 Å². The van der Waals surface area contributed by atoms with Gasteiger partial charge in [-0.25, -0.2) is 0 Å². The number of nitrogens with zero attached hydrogens (tertiary/aromatic N) is 3. The normalized spacial score (nSPS) is 16.3. The highest BCUT2D eigenvalue weighted by atomic mass is 16.5. The number of hydrogen-bond acceptors (Lipinski definition) is 4. The van der Waals surface area contributed by atoms with E-state index >= 15 is 0 Å². The fourth-order valence-electron chi connectivity index (χ4n) is 3.04. The van der Waals surface area contributed by atoms with Crippen molar-refractivity contribution in [3.8, 4) is 0 Å². The van der Waals surface area contributed by atoms with Crippen molar-refractivity contribution in [1.29, 1.82) is 0 Å². The molecule has 1 aromatic heterocycles. The molecule has 3 rings (SSSR count). The molecule has 2 heterocycles. The van der Waals surface area contributed by atoms with Crippen LogP contribution in [0.4, 0.5) is 0 Å². The number of carbonyl (C=O) groups is 1. The van der Waals surface area contributed by atoms with Crippen LogP contribution in [-0.2, 0) is 6.54 Å². The van der Waals surface area contributed by atoms with Crippen molar-refractivity contribution in [2.45, 2.75) is 26.8 Å². The molecule has 0 N–H and O–H groups in total. The molecule has 2 aromatic rings. The van der Waals surface area contributed by atoms with E-state index in [-0.39, 0.29) is 5.91 Å². The Labute approximate surface area is 136 Å². The SMILES string of the molecule is Cc1cc(CN2CCCN(C(=O)c3ccccc3C)CC2)no1. The maximum Gasteiger partial charge on any atom is 0.254 e. The summed E-state index contributed by atoms with van der Waals surface area (Å²) in [5, 5.41) is 4.06. The van der Waals surface area contributed by atoms with Crippen molar-refractivity contribution in [1.82, 2.24) is 15.0 Å². The van der Waals surface area contributed by atoms with Crippen LogP contribution in [0.15, 0.2) is 34.9 Å². The summed E-state index contributed by atoms with van der Waals surface area (Å²) >= 11 is 0. The number of rotatable bonds is 3. The summed E-state index contributed by atoms with van der Waals surface area (Å²) in [5.41, 5.74) is 2.81. The Kier molecular flexibility index (Phi) is 4.76. The molecule has 1 aromatic carbocycles. The van der Waals surface area contributed by atoms with Crippen LogP contribution in [0.2, 0.25) is 0 Å². The van der Waals surface area contributed by atoms with Crippen LogP contribution < -0.4 is 0 Å². The first-order valence-electron chi connectivity index (χ1n) is 8.13. The molecule has 1 saturated heterocycles. The largest absolute Gasteiger partial charge is 0.361 e. The topological polar surface area (TPSA) is 49.6 Å². The van der Waals surface area contributed by atoms with Crippen LogP contribution >= 0.6 is 0 Å². The average Bonchev–Trinajstić information content (AvgIpc) is 2.81. The van der Waals surface area contributed by atoms with Gasteiger partial charge in [-0.2, -0.15) is 0 Å². The van der Waals surface area contributed by atoms with Gasteiger partial charge in [-0.1, -0.05) is 23.4 Å². The van der Waals surface area contributed by atoms with Gasteiger partial charge in [-0.15, -0.1) is 0 Å². The highest BCUT2D eigenvalue weighted by molar-refractivity contribution is 5.95. The van der Waals surface area contributed by atoms with Gasteiger partial charge in [0.15, 0.2) is 0 Å². The van der Waals surface area contributed by atoms with Crippen LogP contribution in [0.5, 0.6) is 0 Å². The zero-order valence-electron chi connectivity index (χ0n) is 13.8. The molecule has 0 aliphatic carbocycles. The summed E-state index contributed by atoms with van der Waals surface area (Å²) in [4.78, 5) is 17.0. The molecule has 5 heteroatoms. The molecule has 122 valence electrons. The first kappa shape index (κ1) is 15.7. The summed E-state index contributed by atoms with van der Waals surface area (Å²) in [6, 6.07) is 9.78. The van der Waals surface area contributed by atoms with E-state index in [1.807, 2.05) is 49.1 Å². The standard InChI is InChI=1S/C18H23N3O2/c1-14-6-3-4-7-17(14)18(22)21-9-5-8-20(10-11-21)13-16-12-15(2)23-19-16/h3-4,6-7,12H,5,8-11,13H2,1-2H3. The Morgan fingerprint density at radius 1 is 1.17 bits per heavy atom. The summed E-state index contributed by atoms with van der Waals surface area (Å²) in [5.74, 6) is 0.980. The van der Waals surface area contributed by atoms with Crippen LogP contribution in [0.25, 0.3) is 0 Å². The molecule has 5 nitrogen and oxygen atoms in total. The van der Waals surface area contributed by atoms with Gasteiger partial charge in [-0.3, -0.25) is 9.69 Å². The van der Waals surface area contributed by atoms with Crippen molar-refractivity contribution in [2.75, 3.05) is 26.2 Å². The van der Waals surface area contributed by atoms with E-state index in [0.29, 0.717) is 0 Å². The number of benzene rings is 1. The second-order valence-electron chi connectivity index (χ2n) is 6.17.